The molecule has 2 nitrogen and oxygen atoms in total. The predicted molar refractivity (Wildman–Crippen MR) is 92.6 cm³/mol. The molecule has 3 rings (SSSR count). The molecule has 0 amide bonds. The smallest absolute Gasteiger partial charge is 0.139 e. The number of Topliss-reactive ketones (excluding diaryl/α,β-unsaturated/α-hetero) is 1. The van der Waals surface area contributed by atoms with Gasteiger partial charge in [0.2, 0.25) is 0 Å². The summed E-state index contributed by atoms with van der Waals surface area (Å²) in [7, 11) is 0. The van der Waals surface area contributed by atoms with Gasteiger partial charge in [0, 0.05) is 18.3 Å². The first kappa shape index (κ1) is 17.0. The van der Waals surface area contributed by atoms with E-state index in [1.165, 1.54) is 25.7 Å². The van der Waals surface area contributed by atoms with E-state index in [4.69, 9.17) is 5.26 Å². The average Bonchev–Trinajstić information content (AvgIpc) is 2.86. The summed E-state index contributed by atoms with van der Waals surface area (Å²) >= 11 is 0. The maximum absolute atomic E-state index is 12.7. The highest BCUT2D eigenvalue weighted by molar-refractivity contribution is 5.85. The monoisotopic (exact) mass is 315 g/mol. The molecule has 0 bridgehead atoms. The first-order valence-corrected chi connectivity index (χ1v) is 9.75. The number of nitriles is 1. The van der Waals surface area contributed by atoms with Crippen LogP contribution in [0.25, 0.3) is 0 Å². The van der Waals surface area contributed by atoms with Crippen LogP contribution in [-0.2, 0) is 4.79 Å². The van der Waals surface area contributed by atoms with Gasteiger partial charge in [-0.15, -0.1) is 0 Å². The molecule has 3 aliphatic carbocycles. The Bertz CT molecular complexity index is 518. The van der Waals surface area contributed by atoms with E-state index < -0.39 is 0 Å². The standard InChI is InChI=1S/C21H33NO/c1-14(2)16-7-8-17-15-6-9-19(23)21(4,11-5-13-22)18(15)10-12-20(16,17)3/h14-18H,5-12H2,1-4H3/t15-,16+,17-,18+,20+,21-/m0/s1. The van der Waals surface area contributed by atoms with E-state index in [0.717, 1.165) is 42.9 Å². The Balaban J connectivity index is 1.88. The van der Waals surface area contributed by atoms with E-state index in [-0.39, 0.29) is 5.41 Å². The third-order valence-corrected chi connectivity index (χ3v) is 8.23. The molecule has 2 heteroatoms. The number of carbonyl (C=O) groups is 1. The second-order valence-electron chi connectivity index (χ2n) is 9.39. The molecule has 0 aromatic carbocycles. The molecule has 0 aromatic heterocycles. The molecular formula is C21H33NO. The van der Waals surface area contributed by atoms with Crippen LogP contribution in [0, 0.1) is 51.8 Å². The normalized spacial score (nSPS) is 46.3. The topological polar surface area (TPSA) is 40.9 Å². The van der Waals surface area contributed by atoms with Crippen molar-refractivity contribution in [1.29, 1.82) is 5.26 Å². The lowest BCUT2D eigenvalue weighted by Gasteiger charge is -2.56. The van der Waals surface area contributed by atoms with Gasteiger partial charge < -0.3 is 0 Å². The number of ketones is 1. The van der Waals surface area contributed by atoms with Crippen LogP contribution in [0.3, 0.4) is 0 Å². The molecule has 0 heterocycles. The molecule has 0 radical (unpaired) electrons. The average molecular weight is 316 g/mol. The van der Waals surface area contributed by atoms with Crippen molar-refractivity contribution in [1.82, 2.24) is 0 Å². The SMILES string of the molecule is CC(C)[C@H]1CC[C@H]2[C@@H]3CCC(=O)[C@@](C)(CCC#N)[C@@H]3CC[C@]12C. The molecule has 23 heavy (non-hydrogen) atoms. The highest BCUT2D eigenvalue weighted by Gasteiger charge is 2.59. The van der Waals surface area contributed by atoms with Gasteiger partial charge in [0.25, 0.3) is 0 Å². The van der Waals surface area contributed by atoms with E-state index in [1.54, 1.807) is 0 Å². The van der Waals surface area contributed by atoms with Gasteiger partial charge in [-0.05, 0) is 73.5 Å². The Hall–Kier alpha value is -0.840. The fourth-order valence-corrected chi connectivity index (χ4v) is 7.05. The first-order chi connectivity index (χ1) is 10.8. The molecule has 0 N–H and O–H groups in total. The van der Waals surface area contributed by atoms with Crippen LogP contribution in [0.1, 0.15) is 79.1 Å². The van der Waals surface area contributed by atoms with Crippen LogP contribution in [0.5, 0.6) is 0 Å². The molecule has 3 aliphatic rings. The van der Waals surface area contributed by atoms with Gasteiger partial charge in [0.1, 0.15) is 5.78 Å². The van der Waals surface area contributed by atoms with Gasteiger partial charge in [0.05, 0.1) is 6.07 Å². The van der Waals surface area contributed by atoms with E-state index in [9.17, 15) is 4.79 Å². The van der Waals surface area contributed by atoms with E-state index in [2.05, 4.69) is 33.8 Å². The van der Waals surface area contributed by atoms with Gasteiger partial charge in [-0.2, -0.15) is 5.26 Å². The summed E-state index contributed by atoms with van der Waals surface area (Å²) in [6.45, 7) is 9.52. The van der Waals surface area contributed by atoms with Crippen molar-refractivity contribution in [2.45, 2.75) is 79.1 Å². The Labute approximate surface area is 142 Å². The van der Waals surface area contributed by atoms with E-state index in [1.807, 2.05) is 0 Å². The van der Waals surface area contributed by atoms with Gasteiger partial charge in [0.15, 0.2) is 0 Å². The zero-order chi connectivity index (χ0) is 16.8. The molecule has 0 unspecified atom stereocenters. The summed E-state index contributed by atoms with van der Waals surface area (Å²) in [6, 6.07) is 2.28. The second-order valence-corrected chi connectivity index (χ2v) is 9.39. The summed E-state index contributed by atoms with van der Waals surface area (Å²) in [6.07, 6.45) is 8.40. The number of hydrogen-bond acceptors (Lipinski definition) is 2. The molecule has 3 saturated carbocycles. The highest BCUT2D eigenvalue weighted by Crippen LogP contribution is 2.65. The van der Waals surface area contributed by atoms with Gasteiger partial charge in [-0.25, -0.2) is 0 Å². The van der Waals surface area contributed by atoms with Gasteiger partial charge in [-0.3, -0.25) is 4.79 Å². The van der Waals surface area contributed by atoms with Crippen molar-refractivity contribution < 1.29 is 4.79 Å². The molecule has 0 aliphatic heterocycles. The molecule has 0 aromatic rings. The minimum absolute atomic E-state index is 0.226. The lowest BCUT2D eigenvalue weighted by atomic mass is 9.48. The van der Waals surface area contributed by atoms with Crippen molar-refractivity contribution in [3.05, 3.63) is 0 Å². The Morgan fingerprint density at radius 3 is 2.57 bits per heavy atom. The van der Waals surface area contributed by atoms with Crippen LogP contribution in [0.4, 0.5) is 0 Å². The molecular weight excluding hydrogens is 282 g/mol. The fourth-order valence-electron chi connectivity index (χ4n) is 7.05. The third-order valence-electron chi connectivity index (χ3n) is 8.23. The summed E-state index contributed by atoms with van der Waals surface area (Å²) in [5.41, 5.74) is 0.266. The highest BCUT2D eigenvalue weighted by atomic mass is 16.1. The van der Waals surface area contributed by atoms with Crippen molar-refractivity contribution in [2.75, 3.05) is 0 Å². The minimum atomic E-state index is -0.226. The van der Waals surface area contributed by atoms with Crippen molar-refractivity contribution in [2.24, 2.45) is 40.4 Å². The van der Waals surface area contributed by atoms with Crippen LogP contribution in [0.2, 0.25) is 0 Å². The van der Waals surface area contributed by atoms with Gasteiger partial charge in [-0.1, -0.05) is 27.7 Å². The summed E-state index contributed by atoms with van der Waals surface area (Å²) < 4.78 is 0. The number of hydrogen-bond donors (Lipinski definition) is 0. The number of nitrogens with zero attached hydrogens (tertiary/aromatic N) is 1. The first-order valence-electron chi connectivity index (χ1n) is 9.75. The Morgan fingerprint density at radius 1 is 1.17 bits per heavy atom. The third kappa shape index (κ3) is 2.46. The predicted octanol–water partition coefficient (Wildman–Crippen LogP) is 5.37. The Morgan fingerprint density at radius 2 is 1.91 bits per heavy atom. The largest absolute Gasteiger partial charge is 0.299 e. The zero-order valence-corrected chi connectivity index (χ0v) is 15.4. The van der Waals surface area contributed by atoms with Crippen molar-refractivity contribution in [3.8, 4) is 6.07 Å². The summed E-state index contributed by atoms with van der Waals surface area (Å²) in [5, 5.41) is 9.02. The van der Waals surface area contributed by atoms with E-state index >= 15 is 0 Å². The molecule has 6 atom stereocenters. The fraction of sp³-hybridized carbons (Fsp3) is 0.905. The lowest BCUT2D eigenvalue weighted by Crippen LogP contribution is -2.52. The van der Waals surface area contributed by atoms with E-state index in [0.29, 0.717) is 23.5 Å². The summed E-state index contributed by atoms with van der Waals surface area (Å²) in [4.78, 5) is 12.7. The van der Waals surface area contributed by atoms with Crippen LogP contribution in [-0.4, -0.2) is 5.78 Å². The maximum atomic E-state index is 12.7. The number of rotatable bonds is 3. The minimum Gasteiger partial charge on any atom is -0.299 e. The molecule has 128 valence electrons. The van der Waals surface area contributed by atoms with Crippen LogP contribution in [0.15, 0.2) is 0 Å². The summed E-state index contributed by atoms with van der Waals surface area (Å²) in [5.74, 6) is 4.13. The lowest BCUT2D eigenvalue weighted by molar-refractivity contribution is -0.146. The number of fused-ring (bicyclic) bond motifs is 3. The molecule has 0 saturated heterocycles. The molecule has 0 spiro atoms. The maximum Gasteiger partial charge on any atom is 0.139 e. The molecule has 3 fully saturated rings. The number of carbonyl (C=O) groups excluding carboxylic acids is 1. The quantitative estimate of drug-likeness (QED) is 0.702. The second kappa shape index (κ2) is 5.91. The van der Waals surface area contributed by atoms with Crippen molar-refractivity contribution >= 4 is 5.78 Å². The zero-order valence-electron chi connectivity index (χ0n) is 15.4. The van der Waals surface area contributed by atoms with Crippen LogP contribution < -0.4 is 0 Å². The van der Waals surface area contributed by atoms with Crippen LogP contribution >= 0.6 is 0 Å². The Kier molecular flexibility index (Phi) is 4.36. The van der Waals surface area contributed by atoms with Gasteiger partial charge >= 0.3 is 0 Å². The van der Waals surface area contributed by atoms with Crippen molar-refractivity contribution in [3.63, 3.8) is 0 Å².